The molecule has 3 nitrogen and oxygen atoms in total. The molecule has 0 aromatic rings. The lowest BCUT2D eigenvalue weighted by molar-refractivity contribution is 0.0478. The fraction of sp³-hybridized carbons (Fsp3) is 1.00. The van der Waals surface area contributed by atoms with Crippen LogP contribution in [-0.2, 0) is 4.74 Å². The van der Waals surface area contributed by atoms with Crippen molar-refractivity contribution in [3.63, 3.8) is 0 Å². The number of likely N-dealkylation sites (N-methyl/N-ethyl adjacent to an activating group) is 1. The van der Waals surface area contributed by atoms with Gasteiger partial charge >= 0.3 is 0 Å². The van der Waals surface area contributed by atoms with Crippen molar-refractivity contribution in [2.24, 2.45) is 0 Å². The van der Waals surface area contributed by atoms with Crippen LogP contribution in [0.1, 0.15) is 27.2 Å². The van der Waals surface area contributed by atoms with E-state index >= 15 is 0 Å². The van der Waals surface area contributed by atoms with Crippen LogP contribution in [0.4, 0.5) is 0 Å². The quantitative estimate of drug-likeness (QED) is 0.719. The van der Waals surface area contributed by atoms with Crippen molar-refractivity contribution in [1.29, 1.82) is 0 Å². The molecule has 1 aliphatic heterocycles. The average Bonchev–Trinajstić information content (AvgIpc) is 2.54. The first-order chi connectivity index (χ1) is 6.60. The maximum absolute atomic E-state index is 5.25. The predicted octanol–water partition coefficient (Wildman–Crippen LogP) is 1.10. The van der Waals surface area contributed by atoms with E-state index in [0.717, 1.165) is 19.7 Å². The second-order valence-corrected chi connectivity index (χ2v) is 4.73. The molecular formula is C11H24N2O. The van der Waals surface area contributed by atoms with Gasteiger partial charge in [0.2, 0.25) is 0 Å². The lowest BCUT2D eigenvalue weighted by atomic mass is 10.1. The maximum Gasteiger partial charge on any atom is 0.0641 e. The highest BCUT2D eigenvalue weighted by molar-refractivity contribution is 4.90. The molecule has 0 aliphatic carbocycles. The van der Waals surface area contributed by atoms with E-state index in [1.165, 1.54) is 13.0 Å². The topological polar surface area (TPSA) is 24.5 Å². The van der Waals surface area contributed by atoms with Gasteiger partial charge in [0.1, 0.15) is 0 Å². The third-order valence-corrected chi connectivity index (χ3v) is 3.03. The second-order valence-electron chi connectivity index (χ2n) is 4.73. The third kappa shape index (κ3) is 2.94. The molecule has 1 saturated heterocycles. The lowest BCUT2D eigenvalue weighted by Gasteiger charge is -2.35. The van der Waals surface area contributed by atoms with E-state index in [1.54, 1.807) is 7.11 Å². The first-order valence-corrected chi connectivity index (χ1v) is 5.57. The summed E-state index contributed by atoms with van der Waals surface area (Å²) in [6, 6.07) is 0.677. The molecule has 0 spiro atoms. The fourth-order valence-electron chi connectivity index (χ4n) is 2.21. The van der Waals surface area contributed by atoms with Crippen molar-refractivity contribution >= 4 is 0 Å². The molecule has 1 fully saturated rings. The first-order valence-electron chi connectivity index (χ1n) is 5.57. The van der Waals surface area contributed by atoms with Crippen LogP contribution in [0.2, 0.25) is 0 Å². The fourth-order valence-corrected chi connectivity index (χ4v) is 2.21. The summed E-state index contributed by atoms with van der Waals surface area (Å²) in [6.07, 6.45) is 1.26. The Balaban J connectivity index is 2.40. The molecule has 1 N–H and O–H groups in total. The van der Waals surface area contributed by atoms with Crippen molar-refractivity contribution in [3.8, 4) is 0 Å². The SMILES string of the molecule is CCNC1CCN(C(C)(C)COC)C1. The van der Waals surface area contributed by atoms with Gasteiger partial charge < -0.3 is 10.1 Å². The summed E-state index contributed by atoms with van der Waals surface area (Å²) < 4.78 is 5.25. The minimum Gasteiger partial charge on any atom is -0.383 e. The Bertz CT molecular complexity index is 171. The highest BCUT2D eigenvalue weighted by atomic mass is 16.5. The van der Waals surface area contributed by atoms with Gasteiger partial charge in [-0.1, -0.05) is 6.92 Å². The third-order valence-electron chi connectivity index (χ3n) is 3.03. The van der Waals surface area contributed by atoms with Gasteiger partial charge in [-0.25, -0.2) is 0 Å². The molecule has 1 heterocycles. The van der Waals surface area contributed by atoms with E-state index < -0.39 is 0 Å². The molecule has 14 heavy (non-hydrogen) atoms. The largest absolute Gasteiger partial charge is 0.383 e. The van der Waals surface area contributed by atoms with Crippen molar-refractivity contribution in [1.82, 2.24) is 10.2 Å². The van der Waals surface area contributed by atoms with E-state index in [1.807, 2.05) is 0 Å². The standard InChI is InChI=1S/C11H24N2O/c1-5-12-10-6-7-13(8-10)11(2,3)9-14-4/h10,12H,5-9H2,1-4H3. The number of nitrogens with one attached hydrogen (secondary N) is 1. The van der Waals surface area contributed by atoms with Crippen LogP contribution in [0, 0.1) is 0 Å². The average molecular weight is 200 g/mol. The van der Waals surface area contributed by atoms with Gasteiger partial charge in [-0.05, 0) is 26.8 Å². The van der Waals surface area contributed by atoms with Crippen molar-refractivity contribution < 1.29 is 4.74 Å². The minimum atomic E-state index is 0.179. The Morgan fingerprint density at radius 3 is 2.79 bits per heavy atom. The summed E-state index contributed by atoms with van der Waals surface area (Å²) in [4.78, 5) is 2.52. The van der Waals surface area contributed by atoms with Crippen LogP contribution in [0.25, 0.3) is 0 Å². The molecule has 0 amide bonds. The van der Waals surface area contributed by atoms with Crippen LogP contribution in [0.15, 0.2) is 0 Å². The molecule has 84 valence electrons. The summed E-state index contributed by atoms with van der Waals surface area (Å²) in [5.41, 5.74) is 0.179. The zero-order valence-corrected chi connectivity index (χ0v) is 9.97. The molecule has 0 saturated carbocycles. The molecule has 1 atom stereocenters. The Labute approximate surface area is 87.8 Å². The van der Waals surface area contributed by atoms with Gasteiger partial charge in [-0.3, -0.25) is 4.90 Å². The highest BCUT2D eigenvalue weighted by Crippen LogP contribution is 2.21. The Morgan fingerprint density at radius 1 is 1.50 bits per heavy atom. The van der Waals surface area contributed by atoms with Gasteiger partial charge in [0.25, 0.3) is 0 Å². The molecule has 0 bridgehead atoms. The van der Waals surface area contributed by atoms with Crippen molar-refractivity contribution in [2.75, 3.05) is 33.4 Å². The number of nitrogens with zero attached hydrogens (tertiary/aromatic N) is 1. The summed E-state index contributed by atoms with van der Waals surface area (Å²) in [7, 11) is 1.78. The van der Waals surface area contributed by atoms with Crippen LogP contribution in [0.5, 0.6) is 0 Å². The van der Waals surface area contributed by atoms with Gasteiger partial charge in [0, 0.05) is 31.8 Å². The lowest BCUT2D eigenvalue weighted by Crippen LogP contribution is -2.47. The molecule has 0 aromatic carbocycles. The molecule has 1 aliphatic rings. The van der Waals surface area contributed by atoms with Crippen molar-refractivity contribution in [2.45, 2.75) is 38.8 Å². The summed E-state index contributed by atoms with van der Waals surface area (Å²) in [6.45, 7) is 10.9. The maximum atomic E-state index is 5.25. The monoisotopic (exact) mass is 200 g/mol. The van der Waals surface area contributed by atoms with E-state index in [2.05, 4.69) is 31.0 Å². The molecular weight excluding hydrogens is 176 g/mol. The van der Waals surface area contributed by atoms with Crippen LogP contribution in [-0.4, -0.2) is 49.8 Å². The normalized spacial score (nSPS) is 24.4. The van der Waals surface area contributed by atoms with Gasteiger partial charge in [0.05, 0.1) is 6.61 Å². The predicted molar refractivity (Wildman–Crippen MR) is 59.6 cm³/mol. The van der Waals surface area contributed by atoms with Crippen molar-refractivity contribution in [3.05, 3.63) is 0 Å². The number of methoxy groups -OCH3 is 1. The Morgan fingerprint density at radius 2 is 2.21 bits per heavy atom. The van der Waals surface area contributed by atoms with E-state index in [-0.39, 0.29) is 5.54 Å². The summed E-state index contributed by atoms with van der Waals surface area (Å²) in [5.74, 6) is 0. The molecule has 1 unspecified atom stereocenters. The zero-order valence-electron chi connectivity index (χ0n) is 9.97. The Kier molecular flexibility index (Phi) is 4.35. The minimum absolute atomic E-state index is 0.179. The van der Waals surface area contributed by atoms with Crippen LogP contribution >= 0.6 is 0 Å². The van der Waals surface area contributed by atoms with Crippen LogP contribution in [0.3, 0.4) is 0 Å². The Hall–Kier alpha value is -0.120. The van der Waals surface area contributed by atoms with Gasteiger partial charge in [-0.15, -0.1) is 0 Å². The highest BCUT2D eigenvalue weighted by Gasteiger charge is 2.32. The van der Waals surface area contributed by atoms with Crippen LogP contribution < -0.4 is 5.32 Å². The van der Waals surface area contributed by atoms with E-state index in [9.17, 15) is 0 Å². The molecule has 1 rings (SSSR count). The second kappa shape index (κ2) is 5.10. The van der Waals surface area contributed by atoms with E-state index in [4.69, 9.17) is 4.74 Å². The first kappa shape index (κ1) is 12.0. The number of likely N-dealkylation sites (tertiary alicyclic amines) is 1. The molecule has 0 aromatic heterocycles. The zero-order chi connectivity index (χ0) is 10.6. The summed E-state index contributed by atoms with van der Waals surface area (Å²) in [5, 5.41) is 3.51. The van der Waals surface area contributed by atoms with E-state index in [0.29, 0.717) is 6.04 Å². The smallest absolute Gasteiger partial charge is 0.0641 e. The number of ether oxygens (including phenoxy) is 1. The number of hydrogen-bond acceptors (Lipinski definition) is 3. The summed E-state index contributed by atoms with van der Waals surface area (Å²) >= 11 is 0. The molecule has 3 heteroatoms. The van der Waals surface area contributed by atoms with Gasteiger partial charge in [-0.2, -0.15) is 0 Å². The molecule has 0 radical (unpaired) electrons. The van der Waals surface area contributed by atoms with Gasteiger partial charge in [0.15, 0.2) is 0 Å². The number of hydrogen-bond donors (Lipinski definition) is 1. The number of rotatable bonds is 5.